The number of hydrogen-bond donors (Lipinski definition) is 1. The predicted molar refractivity (Wildman–Crippen MR) is 60.3 cm³/mol. The van der Waals surface area contributed by atoms with Crippen LogP contribution in [0.25, 0.3) is 0 Å². The van der Waals surface area contributed by atoms with Crippen LogP contribution in [0.5, 0.6) is 0 Å². The van der Waals surface area contributed by atoms with Crippen LogP contribution in [0.3, 0.4) is 0 Å². The molecule has 0 heterocycles. The number of carbonyl (C=O) groups is 1. The maximum Gasteiger partial charge on any atom is 0.332 e. The van der Waals surface area contributed by atoms with Gasteiger partial charge in [-0.15, -0.1) is 0 Å². The molecule has 0 unspecified atom stereocenters. The highest BCUT2D eigenvalue weighted by atomic mass is 16.7. The molecule has 0 aromatic heterocycles. The maximum absolute atomic E-state index is 11.2. The molecule has 0 saturated heterocycles. The fraction of sp³-hybridized carbons (Fsp3) is 0.417. The van der Waals surface area contributed by atoms with E-state index in [9.17, 15) is 4.79 Å². The molecule has 1 rings (SSSR count). The van der Waals surface area contributed by atoms with E-state index in [1.54, 1.807) is 0 Å². The molecule has 1 N–H and O–H groups in total. The van der Waals surface area contributed by atoms with Gasteiger partial charge in [-0.1, -0.05) is 38.0 Å². The van der Waals surface area contributed by atoms with Crippen LogP contribution in [0.1, 0.15) is 32.6 Å². The number of carbonyl (C=O) groups excluding carboxylic acids is 1. The summed E-state index contributed by atoms with van der Waals surface area (Å²) in [5, 5.41) is 0. The number of nitrogens with one attached hydrogen (secondary N) is 1. The van der Waals surface area contributed by atoms with E-state index in [1.807, 2.05) is 30.3 Å². The average Bonchev–Trinajstić information content (AvgIpc) is 2.28. The number of unbranched alkanes of at least 4 members (excludes halogenated alkanes) is 2. The number of benzene rings is 1. The Balaban J connectivity index is 2.17. The highest BCUT2D eigenvalue weighted by molar-refractivity contribution is 5.70. The highest BCUT2D eigenvalue weighted by Crippen LogP contribution is 2.06. The quantitative estimate of drug-likeness (QED) is 0.575. The van der Waals surface area contributed by atoms with Crippen LogP contribution in [-0.4, -0.2) is 5.97 Å². The normalized spacial score (nSPS) is 9.67. The zero-order chi connectivity index (χ0) is 10.9. The molecular weight excluding hydrogens is 190 g/mol. The Labute approximate surface area is 90.4 Å². The zero-order valence-electron chi connectivity index (χ0n) is 9.03. The van der Waals surface area contributed by atoms with E-state index in [-0.39, 0.29) is 5.97 Å². The van der Waals surface area contributed by atoms with E-state index in [1.165, 1.54) is 0 Å². The molecule has 0 bridgehead atoms. The largest absolute Gasteiger partial charge is 0.343 e. The van der Waals surface area contributed by atoms with E-state index >= 15 is 0 Å². The van der Waals surface area contributed by atoms with Crippen molar-refractivity contribution in [1.82, 2.24) is 0 Å². The standard InChI is InChI=1S/C12H17NO2/c1-2-3-5-10-12(14)15-13-11-8-6-4-7-9-11/h4,6-9,13H,2-3,5,10H2,1H3. The fourth-order valence-corrected chi connectivity index (χ4v) is 1.19. The SMILES string of the molecule is CCCCCC(=O)ONc1ccccc1. The van der Waals surface area contributed by atoms with E-state index in [0.717, 1.165) is 24.9 Å². The Hall–Kier alpha value is -1.51. The van der Waals surface area contributed by atoms with Crippen molar-refractivity contribution in [2.45, 2.75) is 32.6 Å². The van der Waals surface area contributed by atoms with Gasteiger partial charge in [-0.05, 0) is 18.6 Å². The van der Waals surface area contributed by atoms with Crippen molar-refractivity contribution in [2.75, 3.05) is 5.48 Å². The molecule has 0 fully saturated rings. The van der Waals surface area contributed by atoms with Gasteiger partial charge in [0.2, 0.25) is 0 Å². The second-order valence-electron chi connectivity index (χ2n) is 3.40. The van der Waals surface area contributed by atoms with Crippen LogP contribution in [0, 0.1) is 0 Å². The van der Waals surface area contributed by atoms with Crippen LogP contribution >= 0.6 is 0 Å². The molecule has 3 heteroatoms. The van der Waals surface area contributed by atoms with Crippen LogP contribution in [-0.2, 0) is 9.63 Å². The Morgan fingerprint density at radius 1 is 1.27 bits per heavy atom. The minimum atomic E-state index is -0.202. The first kappa shape index (κ1) is 11.6. The number of para-hydroxylation sites is 1. The van der Waals surface area contributed by atoms with Gasteiger partial charge in [-0.25, -0.2) is 10.3 Å². The maximum atomic E-state index is 11.2. The Kier molecular flexibility index (Phi) is 5.30. The minimum Gasteiger partial charge on any atom is -0.343 e. The predicted octanol–water partition coefficient (Wildman–Crippen LogP) is 3.14. The van der Waals surface area contributed by atoms with Gasteiger partial charge in [0.1, 0.15) is 0 Å². The lowest BCUT2D eigenvalue weighted by atomic mass is 10.2. The average molecular weight is 207 g/mol. The van der Waals surface area contributed by atoms with Gasteiger partial charge in [0.25, 0.3) is 0 Å². The molecule has 0 radical (unpaired) electrons. The molecule has 0 amide bonds. The summed E-state index contributed by atoms with van der Waals surface area (Å²) >= 11 is 0. The molecule has 0 aliphatic carbocycles. The van der Waals surface area contributed by atoms with Crippen molar-refractivity contribution < 1.29 is 9.63 Å². The summed E-state index contributed by atoms with van der Waals surface area (Å²) in [5.41, 5.74) is 3.41. The smallest absolute Gasteiger partial charge is 0.332 e. The Morgan fingerprint density at radius 2 is 2.00 bits per heavy atom. The molecule has 15 heavy (non-hydrogen) atoms. The van der Waals surface area contributed by atoms with Crippen molar-refractivity contribution in [1.29, 1.82) is 0 Å². The molecule has 0 saturated carbocycles. The monoisotopic (exact) mass is 207 g/mol. The first-order chi connectivity index (χ1) is 7.33. The molecule has 82 valence electrons. The number of rotatable bonds is 6. The lowest BCUT2D eigenvalue weighted by molar-refractivity contribution is -0.140. The lowest BCUT2D eigenvalue weighted by Gasteiger charge is -2.05. The third-order valence-electron chi connectivity index (χ3n) is 2.04. The van der Waals surface area contributed by atoms with E-state index in [0.29, 0.717) is 6.42 Å². The van der Waals surface area contributed by atoms with Crippen molar-refractivity contribution >= 4 is 11.7 Å². The summed E-state index contributed by atoms with van der Waals surface area (Å²) in [6.45, 7) is 2.10. The first-order valence-electron chi connectivity index (χ1n) is 5.33. The number of anilines is 1. The first-order valence-corrected chi connectivity index (χ1v) is 5.33. The Morgan fingerprint density at radius 3 is 2.67 bits per heavy atom. The van der Waals surface area contributed by atoms with E-state index in [4.69, 9.17) is 4.84 Å². The molecule has 1 aromatic rings. The fourth-order valence-electron chi connectivity index (χ4n) is 1.19. The zero-order valence-corrected chi connectivity index (χ0v) is 9.03. The van der Waals surface area contributed by atoms with Crippen molar-refractivity contribution in [3.05, 3.63) is 30.3 Å². The summed E-state index contributed by atoms with van der Waals surface area (Å²) in [6.07, 6.45) is 3.55. The lowest BCUT2D eigenvalue weighted by Crippen LogP contribution is -2.09. The van der Waals surface area contributed by atoms with Crippen LogP contribution in [0.4, 0.5) is 5.69 Å². The summed E-state index contributed by atoms with van der Waals surface area (Å²) in [6, 6.07) is 9.37. The molecule has 0 spiro atoms. The molecule has 0 aliphatic rings. The molecule has 3 nitrogen and oxygen atoms in total. The van der Waals surface area contributed by atoms with Gasteiger partial charge in [-0.3, -0.25) is 0 Å². The Bertz CT molecular complexity index is 285. The highest BCUT2D eigenvalue weighted by Gasteiger charge is 2.01. The van der Waals surface area contributed by atoms with Crippen LogP contribution in [0.15, 0.2) is 30.3 Å². The van der Waals surface area contributed by atoms with Crippen LogP contribution in [0.2, 0.25) is 0 Å². The summed E-state index contributed by atoms with van der Waals surface area (Å²) in [7, 11) is 0. The molecule has 0 atom stereocenters. The van der Waals surface area contributed by atoms with Crippen LogP contribution < -0.4 is 5.48 Å². The van der Waals surface area contributed by atoms with E-state index < -0.39 is 0 Å². The van der Waals surface area contributed by atoms with Gasteiger partial charge in [0.15, 0.2) is 0 Å². The third-order valence-corrected chi connectivity index (χ3v) is 2.04. The van der Waals surface area contributed by atoms with Gasteiger partial charge >= 0.3 is 5.97 Å². The summed E-state index contributed by atoms with van der Waals surface area (Å²) in [4.78, 5) is 16.1. The minimum absolute atomic E-state index is 0.202. The third kappa shape index (κ3) is 5.05. The van der Waals surface area contributed by atoms with Crippen molar-refractivity contribution in [3.63, 3.8) is 0 Å². The topological polar surface area (TPSA) is 38.3 Å². The number of hydrogen-bond acceptors (Lipinski definition) is 3. The summed E-state index contributed by atoms with van der Waals surface area (Å²) < 4.78 is 0. The molecular formula is C12H17NO2. The van der Waals surface area contributed by atoms with Gasteiger partial charge in [-0.2, -0.15) is 0 Å². The van der Waals surface area contributed by atoms with Gasteiger partial charge in [0.05, 0.1) is 5.69 Å². The molecule has 1 aromatic carbocycles. The summed E-state index contributed by atoms with van der Waals surface area (Å²) in [5.74, 6) is -0.202. The van der Waals surface area contributed by atoms with Gasteiger partial charge in [0, 0.05) is 6.42 Å². The van der Waals surface area contributed by atoms with Crippen molar-refractivity contribution in [2.24, 2.45) is 0 Å². The van der Waals surface area contributed by atoms with Gasteiger partial charge < -0.3 is 4.84 Å². The molecule has 0 aliphatic heterocycles. The van der Waals surface area contributed by atoms with Crippen molar-refractivity contribution in [3.8, 4) is 0 Å². The second kappa shape index (κ2) is 6.87. The second-order valence-corrected chi connectivity index (χ2v) is 3.40. The van der Waals surface area contributed by atoms with E-state index in [2.05, 4.69) is 12.4 Å².